The zero-order chi connectivity index (χ0) is 15.1. The van der Waals surface area contributed by atoms with Gasteiger partial charge in [0.15, 0.2) is 0 Å². The van der Waals surface area contributed by atoms with Crippen molar-refractivity contribution in [1.29, 1.82) is 0 Å². The summed E-state index contributed by atoms with van der Waals surface area (Å²) in [6.07, 6.45) is 5.46. The highest BCUT2D eigenvalue weighted by molar-refractivity contribution is 5.48. The maximum atomic E-state index is 6.10. The number of hydrogen-bond acceptors (Lipinski definition) is 3. The van der Waals surface area contributed by atoms with Crippen molar-refractivity contribution in [2.24, 2.45) is 11.7 Å². The molecule has 0 heterocycles. The zero-order valence-electron chi connectivity index (χ0n) is 13.0. The summed E-state index contributed by atoms with van der Waals surface area (Å²) >= 11 is 0. The van der Waals surface area contributed by atoms with Crippen molar-refractivity contribution in [3.05, 3.63) is 29.3 Å². The third-order valence-corrected chi connectivity index (χ3v) is 4.09. The second-order valence-electron chi connectivity index (χ2n) is 5.65. The van der Waals surface area contributed by atoms with E-state index in [0.717, 1.165) is 16.9 Å². The molecule has 1 saturated carbocycles. The van der Waals surface area contributed by atoms with Crippen molar-refractivity contribution >= 4 is 0 Å². The van der Waals surface area contributed by atoms with Gasteiger partial charge in [0.25, 0.3) is 0 Å². The third-order valence-electron chi connectivity index (χ3n) is 4.09. The fourth-order valence-corrected chi connectivity index (χ4v) is 2.82. The quantitative estimate of drug-likeness (QED) is 0.865. The van der Waals surface area contributed by atoms with Crippen LogP contribution in [0.5, 0.6) is 5.75 Å². The number of benzene rings is 1. The molecule has 0 bridgehead atoms. The Morgan fingerprint density at radius 1 is 1.29 bits per heavy atom. The molecule has 1 aromatic rings. The lowest BCUT2D eigenvalue weighted by atomic mass is 9.88. The molecular weight excluding hydrogens is 262 g/mol. The van der Waals surface area contributed by atoms with Crippen molar-refractivity contribution in [3.8, 4) is 17.6 Å². The molecule has 1 aliphatic rings. The molecule has 2 unspecified atom stereocenters. The Labute approximate surface area is 127 Å². The van der Waals surface area contributed by atoms with Crippen LogP contribution in [-0.4, -0.2) is 19.8 Å². The molecule has 0 amide bonds. The van der Waals surface area contributed by atoms with Gasteiger partial charge in [0.1, 0.15) is 5.75 Å². The highest BCUT2D eigenvalue weighted by Gasteiger charge is 2.21. The second-order valence-corrected chi connectivity index (χ2v) is 5.65. The van der Waals surface area contributed by atoms with E-state index in [2.05, 4.69) is 18.8 Å². The van der Waals surface area contributed by atoms with Crippen molar-refractivity contribution < 1.29 is 9.47 Å². The van der Waals surface area contributed by atoms with Crippen LogP contribution in [0.1, 0.15) is 43.7 Å². The molecular formula is C18H25NO2. The summed E-state index contributed by atoms with van der Waals surface area (Å²) in [4.78, 5) is 0. The molecule has 0 saturated heterocycles. The molecule has 1 aliphatic carbocycles. The molecule has 0 spiro atoms. The molecule has 2 N–H and O–H groups in total. The molecule has 2 atom stereocenters. The first-order valence-corrected chi connectivity index (χ1v) is 7.72. The van der Waals surface area contributed by atoms with Gasteiger partial charge in [0.2, 0.25) is 0 Å². The van der Waals surface area contributed by atoms with E-state index in [0.29, 0.717) is 25.2 Å². The van der Waals surface area contributed by atoms with Crippen molar-refractivity contribution in [2.45, 2.75) is 45.3 Å². The van der Waals surface area contributed by atoms with Gasteiger partial charge >= 0.3 is 0 Å². The van der Waals surface area contributed by atoms with Crippen LogP contribution in [0.25, 0.3) is 0 Å². The predicted molar refractivity (Wildman–Crippen MR) is 85.1 cm³/mol. The second kappa shape index (κ2) is 8.07. The maximum absolute atomic E-state index is 6.10. The van der Waals surface area contributed by atoms with Gasteiger partial charge in [-0.15, -0.1) is 0 Å². The van der Waals surface area contributed by atoms with E-state index >= 15 is 0 Å². The molecule has 0 aromatic heterocycles. The summed E-state index contributed by atoms with van der Waals surface area (Å²) in [5.41, 5.74) is 7.45. The number of rotatable bonds is 4. The average molecular weight is 287 g/mol. The summed E-state index contributed by atoms with van der Waals surface area (Å²) in [6, 6.07) is 6.03. The van der Waals surface area contributed by atoms with Gasteiger partial charge in [-0.1, -0.05) is 37.7 Å². The van der Waals surface area contributed by atoms with E-state index in [9.17, 15) is 0 Å². The van der Waals surface area contributed by atoms with E-state index < -0.39 is 0 Å². The third kappa shape index (κ3) is 4.49. The number of methoxy groups -OCH3 is 1. The standard InChI is InChI=1S/C18H25NO2/c1-14-6-3-4-8-17(14)21-13-15-9-10-18(20-2)16(12-15)7-5-11-19/h9-10,12,14,17H,3-4,6,8,11,13,19H2,1-2H3. The van der Waals surface area contributed by atoms with Crippen LogP contribution in [0.4, 0.5) is 0 Å². The predicted octanol–water partition coefficient (Wildman–Crippen LogP) is 3.10. The largest absolute Gasteiger partial charge is 0.495 e. The smallest absolute Gasteiger partial charge is 0.134 e. The normalized spacial score (nSPS) is 21.5. The Hall–Kier alpha value is -1.50. The molecule has 0 aliphatic heterocycles. The van der Waals surface area contributed by atoms with Gasteiger partial charge in [-0.3, -0.25) is 0 Å². The van der Waals surface area contributed by atoms with Crippen LogP contribution >= 0.6 is 0 Å². The van der Waals surface area contributed by atoms with E-state index in [1.165, 1.54) is 25.7 Å². The van der Waals surface area contributed by atoms with Crippen molar-refractivity contribution in [1.82, 2.24) is 0 Å². The molecule has 0 radical (unpaired) electrons. The highest BCUT2D eigenvalue weighted by Crippen LogP contribution is 2.27. The van der Waals surface area contributed by atoms with Crippen LogP contribution in [0.15, 0.2) is 18.2 Å². The molecule has 3 heteroatoms. The first-order chi connectivity index (χ1) is 10.2. The Morgan fingerprint density at radius 2 is 2.10 bits per heavy atom. The topological polar surface area (TPSA) is 44.5 Å². The van der Waals surface area contributed by atoms with Crippen LogP contribution in [0, 0.1) is 17.8 Å². The minimum absolute atomic E-state index is 0.351. The Balaban J connectivity index is 2.02. The van der Waals surface area contributed by atoms with Gasteiger partial charge in [-0.25, -0.2) is 0 Å². The number of ether oxygens (including phenoxy) is 2. The van der Waals surface area contributed by atoms with Crippen molar-refractivity contribution in [3.63, 3.8) is 0 Å². The summed E-state index contributed by atoms with van der Waals surface area (Å²) in [6.45, 7) is 3.27. The van der Waals surface area contributed by atoms with E-state index in [-0.39, 0.29) is 0 Å². The Bertz CT molecular complexity index is 516. The lowest BCUT2D eigenvalue weighted by molar-refractivity contribution is -0.0154. The van der Waals surface area contributed by atoms with Gasteiger partial charge < -0.3 is 15.2 Å². The molecule has 1 aromatic carbocycles. The van der Waals surface area contributed by atoms with Crippen LogP contribution < -0.4 is 10.5 Å². The van der Waals surface area contributed by atoms with Gasteiger partial charge in [0, 0.05) is 0 Å². The fourth-order valence-electron chi connectivity index (χ4n) is 2.82. The molecule has 21 heavy (non-hydrogen) atoms. The molecule has 114 valence electrons. The fraction of sp³-hybridized carbons (Fsp3) is 0.556. The first-order valence-electron chi connectivity index (χ1n) is 7.72. The Morgan fingerprint density at radius 3 is 2.81 bits per heavy atom. The minimum atomic E-state index is 0.351. The Kier molecular flexibility index (Phi) is 6.10. The molecule has 1 fully saturated rings. The molecule has 2 rings (SSSR count). The van der Waals surface area contributed by atoms with Gasteiger partial charge in [-0.2, -0.15) is 0 Å². The number of hydrogen-bond donors (Lipinski definition) is 1. The monoisotopic (exact) mass is 287 g/mol. The number of nitrogens with two attached hydrogens (primary N) is 1. The lowest BCUT2D eigenvalue weighted by Crippen LogP contribution is -2.25. The van der Waals surface area contributed by atoms with Crippen LogP contribution in [0.3, 0.4) is 0 Å². The van der Waals surface area contributed by atoms with E-state index in [4.69, 9.17) is 15.2 Å². The average Bonchev–Trinajstić information content (AvgIpc) is 2.52. The molecule has 3 nitrogen and oxygen atoms in total. The lowest BCUT2D eigenvalue weighted by Gasteiger charge is -2.28. The SMILES string of the molecule is COc1ccc(COC2CCCCC2C)cc1C#CCN. The first kappa shape index (κ1) is 15.9. The van der Waals surface area contributed by atoms with Gasteiger partial charge in [0.05, 0.1) is 31.9 Å². The van der Waals surface area contributed by atoms with Crippen LogP contribution in [-0.2, 0) is 11.3 Å². The van der Waals surface area contributed by atoms with E-state index in [1.807, 2.05) is 18.2 Å². The maximum Gasteiger partial charge on any atom is 0.134 e. The summed E-state index contributed by atoms with van der Waals surface area (Å²) in [5.74, 6) is 7.38. The van der Waals surface area contributed by atoms with Crippen LogP contribution in [0.2, 0.25) is 0 Å². The summed E-state index contributed by atoms with van der Waals surface area (Å²) < 4.78 is 11.4. The highest BCUT2D eigenvalue weighted by atomic mass is 16.5. The summed E-state index contributed by atoms with van der Waals surface area (Å²) in [7, 11) is 1.66. The van der Waals surface area contributed by atoms with Crippen molar-refractivity contribution in [2.75, 3.05) is 13.7 Å². The van der Waals surface area contributed by atoms with Gasteiger partial charge in [-0.05, 0) is 36.5 Å². The summed E-state index contributed by atoms with van der Waals surface area (Å²) in [5, 5.41) is 0. The van der Waals surface area contributed by atoms with E-state index in [1.54, 1.807) is 7.11 Å². The minimum Gasteiger partial charge on any atom is -0.495 e. The zero-order valence-corrected chi connectivity index (χ0v) is 13.0.